The average molecular weight is 274 g/mol. The van der Waals surface area contributed by atoms with Crippen molar-refractivity contribution in [1.82, 2.24) is 9.71 Å². The Bertz CT molecular complexity index is 529. The first-order chi connectivity index (χ1) is 8.47. The van der Waals surface area contributed by atoms with Crippen LogP contribution in [0.4, 0.5) is 4.39 Å². The topological polar surface area (TPSA) is 79.3 Å². The molecule has 1 saturated carbocycles. The van der Waals surface area contributed by atoms with Gasteiger partial charge >= 0.3 is 0 Å². The van der Waals surface area contributed by atoms with Crippen molar-refractivity contribution >= 4 is 10.0 Å². The molecule has 18 heavy (non-hydrogen) atoms. The molecule has 0 radical (unpaired) electrons. The number of aliphatic hydroxyl groups excluding tert-OH is 1. The van der Waals surface area contributed by atoms with Gasteiger partial charge in [0.2, 0.25) is 10.0 Å². The summed E-state index contributed by atoms with van der Waals surface area (Å²) in [4.78, 5) is 3.33. The van der Waals surface area contributed by atoms with Gasteiger partial charge in [-0.1, -0.05) is 0 Å². The highest BCUT2D eigenvalue weighted by molar-refractivity contribution is 7.89. The van der Waals surface area contributed by atoms with E-state index in [0.717, 1.165) is 31.3 Å². The number of nitrogens with one attached hydrogen (secondary N) is 1. The number of aromatic nitrogens is 1. The van der Waals surface area contributed by atoms with Crippen molar-refractivity contribution in [3.05, 3.63) is 24.3 Å². The fourth-order valence-electron chi connectivity index (χ4n) is 1.80. The number of rotatable bonds is 6. The van der Waals surface area contributed by atoms with Crippen LogP contribution in [0.2, 0.25) is 0 Å². The van der Waals surface area contributed by atoms with E-state index in [2.05, 4.69) is 9.71 Å². The van der Waals surface area contributed by atoms with Gasteiger partial charge in [0.15, 0.2) is 0 Å². The molecule has 0 aliphatic heterocycles. The number of pyridine rings is 1. The van der Waals surface area contributed by atoms with Crippen molar-refractivity contribution in [3.8, 4) is 0 Å². The van der Waals surface area contributed by atoms with E-state index in [0.29, 0.717) is 6.42 Å². The Kier molecular flexibility index (Phi) is 3.65. The zero-order valence-electron chi connectivity index (χ0n) is 9.76. The van der Waals surface area contributed by atoms with Crippen LogP contribution < -0.4 is 4.72 Å². The Morgan fingerprint density at radius 3 is 2.72 bits per heavy atom. The number of halogens is 1. The van der Waals surface area contributed by atoms with Crippen molar-refractivity contribution in [1.29, 1.82) is 0 Å². The lowest BCUT2D eigenvalue weighted by Gasteiger charge is -2.14. The Hall–Kier alpha value is -1.05. The number of aliphatic hydroxyl groups is 1. The predicted octanol–water partition coefficient (Wildman–Crippen LogP) is 0.662. The second-order valence-electron chi connectivity index (χ2n) is 4.64. The molecule has 2 rings (SSSR count). The van der Waals surface area contributed by atoms with Crippen LogP contribution in [0.25, 0.3) is 0 Å². The molecule has 7 heteroatoms. The van der Waals surface area contributed by atoms with Crippen molar-refractivity contribution < 1.29 is 17.9 Å². The Labute approximate surface area is 105 Å². The van der Waals surface area contributed by atoms with Gasteiger partial charge in [0, 0.05) is 19.3 Å². The van der Waals surface area contributed by atoms with E-state index < -0.39 is 15.8 Å². The zero-order chi connectivity index (χ0) is 13.2. The summed E-state index contributed by atoms with van der Waals surface area (Å²) in [5.74, 6) is -0.686. The molecule has 1 aromatic rings. The van der Waals surface area contributed by atoms with E-state index in [1.54, 1.807) is 0 Å². The van der Waals surface area contributed by atoms with Gasteiger partial charge in [0.1, 0.15) is 10.7 Å². The van der Waals surface area contributed by atoms with Gasteiger partial charge in [-0.3, -0.25) is 4.98 Å². The minimum atomic E-state index is -3.73. The van der Waals surface area contributed by atoms with Crippen LogP contribution in [0.3, 0.4) is 0 Å². The second-order valence-corrected chi connectivity index (χ2v) is 6.40. The molecule has 1 aliphatic carbocycles. The number of hydrogen-bond donors (Lipinski definition) is 2. The van der Waals surface area contributed by atoms with Crippen LogP contribution in [0, 0.1) is 11.2 Å². The highest BCUT2D eigenvalue weighted by atomic mass is 32.2. The molecular formula is C11H15FN2O3S. The van der Waals surface area contributed by atoms with Crippen LogP contribution in [-0.2, 0) is 10.0 Å². The Morgan fingerprint density at radius 2 is 2.17 bits per heavy atom. The van der Waals surface area contributed by atoms with Crippen molar-refractivity contribution in [2.75, 3.05) is 13.2 Å². The first kappa shape index (κ1) is 13.4. The monoisotopic (exact) mass is 274 g/mol. The van der Waals surface area contributed by atoms with Crippen LogP contribution in [0.15, 0.2) is 23.4 Å². The highest BCUT2D eigenvalue weighted by Gasteiger charge is 2.42. The van der Waals surface area contributed by atoms with Crippen LogP contribution >= 0.6 is 0 Å². The van der Waals surface area contributed by atoms with Gasteiger partial charge in [-0.2, -0.15) is 0 Å². The van der Waals surface area contributed by atoms with E-state index in [4.69, 9.17) is 5.11 Å². The molecule has 0 saturated heterocycles. The van der Waals surface area contributed by atoms with Gasteiger partial charge in [-0.05, 0) is 30.7 Å². The third kappa shape index (κ3) is 3.04. The largest absolute Gasteiger partial charge is 0.396 e. The molecule has 1 heterocycles. The summed E-state index contributed by atoms with van der Waals surface area (Å²) < 4.78 is 39.1. The lowest BCUT2D eigenvalue weighted by molar-refractivity contribution is 0.249. The predicted molar refractivity (Wildman–Crippen MR) is 62.8 cm³/mol. The van der Waals surface area contributed by atoms with Crippen molar-refractivity contribution in [2.45, 2.75) is 24.2 Å². The second kappa shape index (κ2) is 4.91. The molecule has 0 unspecified atom stereocenters. The fourth-order valence-corrected chi connectivity index (χ4v) is 2.93. The van der Waals surface area contributed by atoms with Gasteiger partial charge in [0.05, 0.1) is 6.20 Å². The Morgan fingerprint density at radius 1 is 1.44 bits per heavy atom. The summed E-state index contributed by atoms with van der Waals surface area (Å²) in [6.45, 7) is 0.315. The maximum atomic E-state index is 12.9. The molecule has 0 bridgehead atoms. The lowest BCUT2D eigenvalue weighted by atomic mass is 10.0. The first-order valence-corrected chi connectivity index (χ1v) is 7.17. The summed E-state index contributed by atoms with van der Waals surface area (Å²) in [5.41, 5.74) is -0.122. The summed E-state index contributed by atoms with van der Waals surface area (Å²) in [5, 5.41) is 8.89. The molecular weight excluding hydrogens is 259 g/mol. The molecule has 1 fully saturated rings. The third-order valence-corrected chi connectivity index (χ3v) is 4.59. The van der Waals surface area contributed by atoms with Crippen LogP contribution in [-0.4, -0.2) is 31.7 Å². The number of sulfonamides is 1. The summed E-state index contributed by atoms with van der Waals surface area (Å²) in [6.07, 6.45) is 4.44. The van der Waals surface area contributed by atoms with E-state index in [1.807, 2.05) is 0 Å². The molecule has 0 aromatic carbocycles. The van der Waals surface area contributed by atoms with Gasteiger partial charge < -0.3 is 5.11 Å². The number of hydrogen-bond acceptors (Lipinski definition) is 4. The standard InChI is InChI=1S/C11H15FN2O3S/c12-9-5-10(7-13-6-9)18(16,17)14-8-11(1-2-11)3-4-15/h5-7,14-15H,1-4,8H2. The summed E-state index contributed by atoms with van der Waals surface area (Å²) in [7, 11) is -3.73. The quantitative estimate of drug-likeness (QED) is 0.798. The lowest BCUT2D eigenvalue weighted by Crippen LogP contribution is -2.31. The molecule has 1 aromatic heterocycles. The molecule has 0 atom stereocenters. The molecule has 0 amide bonds. The smallest absolute Gasteiger partial charge is 0.242 e. The molecule has 5 nitrogen and oxygen atoms in total. The summed E-state index contributed by atoms with van der Waals surface area (Å²) in [6, 6.07) is 0.931. The van der Waals surface area contributed by atoms with Gasteiger partial charge in [-0.15, -0.1) is 0 Å². The van der Waals surface area contributed by atoms with Crippen molar-refractivity contribution in [3.63, 3.8) is 0 Å². The maximum Gasteiger partial charge on any atom is 0.242 e. The molecule has 1 aliphatic rings. The average Bonchev–Trinajstić information content (AvgIpc) is 3.08. The highest BCUT2D eigenvalue weighted by Crippen LogP contribution is 2.48. The van der Waals surface area contributed by atoms with Gasteiger partial charge in [-0.25, -0.2) is 17.5 Å². The first-order valence-electron chi connectivity index (χ1n) is 5.69. The minimum absolute atomic E-state index is 0.0449. The normalized spacial score (nSPS) is 17.7. The van der Waals surface area contributed by atoms with E-state index in [9.17, 15) is 12.8 Å². The third-order valence-electron chi connectivity index (χ3n) is 3.23. The SMILES string of the molecule is O=S(=O)(NCC1(CCO)CC1)c1cncc(F)c1. The molecule has 0 spiro atoms. The van der Waals surface area contributed by atoms with E-state index >= 15 is 0 Å². The maximum absolute atomic E-state index is 12.9. The Balaban J connectivity index is 2.04. The molecule has 100 valence electrons. The number of nitrogens with zero attached hydrogens (tertiary/aromatic N) is 1. The fraction of sp³-hybridized carbons (Fsp3) is 0.545. The summed E-state index contributed by atoms with van der Waals surface area (Å²) >= 11 is 0. The van der Waals surface area contributed by atoms with E-state index in [1.165, 1.54) is 0 Å². The van der Waals surface area contributed by atoms with Crippen LogP contribution in [0.5, 0.6) is 0 Å². The zero-order valence-corrected chi connectivity index (χ0v) is 10.6. The van der Waals surface area contributed by atoms with Crippen molar-refractivity contribution in [2.24, 2.45) is 5.41 Å². The minimum Gasteiger partial charge on any atom is -0.396 e. The van der Waals surface area contributed by atoms with E-state index in [-0.39, 0.29) is 23.5 Å². The van der Waals surface area contributed by atoms with Gasteiger partial charge in [0.25, 0.3) is 0 Å². The van der Waals surface area contributed by atoms with Crippen LogP contribution in [0.1, 0.15) is 19.3 Å². The molecule has 2 N–H and O–H groups in total.